The second-order valence-electron chi connectivity index (χ2n) is 9.73. The third-order valence-corrected chi connectivity index (χ3v) is 5.38. The maximum Gasteiger partial charge on any atom is 0.317 e. The van der Waals surface area contributed by atoms with Crippen LogP contribution in [0.5, 0.6) is 0 Å². The minimum absolute atomic E-state index is 0.0434. The van der Waals surface area contributed by atoms with Gasteiger partial charge in [0.05, 0.1) is 0 Å². The quantitative estimate of drug-likeness (QED) is 0.603. The molecule has 168 valence electrons. The van der Waals surface area contributed by atoms with Gasteiger partial charge in [0.15, 0.2) is 0 Å². The number of benzene rings is 1. The Bertz CT molecular complexity index is 673. The van der Waals surface area contributed by atoms with E-state index in [0.29, 0.717) is 12.3 Å². The van der Waals surface area contributed by atoms with Crippen LogP contribution in [0, 0.1) is 11.3 Å². The molecule has 1 aromatic carbocycles. The molecule has 0 unspecified atom stereocenters. The molecule has 1 fully saturated rings. The van der Waals surface area contributed by atoms with Gasteiger partial charge in [0.1, 0.15) is 0 Å². The lowest BCUT2D eigenvalue weighted by Crippen LogP contribution is -2.52. The van der Waals surface area contributed by atoms with Crippen molar-refractivity contribution >= 4 is 23.3 Å². The van der Waals surface area contributed by atoms with Gasteiger partial charge in [0.25, 0.3) is 0 Å². The number of hydrogen-bond donors (Lipinski definition) is 2. The van der Waals surface area contributed by atoms with E-state index in [0.717, 1.165) is 63.4 Å². The number of nitrogens with zero attached hydrogens (tertiary/aromatic N) is 2. The summed E-state index contributed by atoms with van der Waals surface area (Å²) in [5.41, 5.74) is 2.20. The van der Waals surface area contributed by atoms with E-state index in [-0.39, 0.29) is 17.4 Å². The molecule has 0 bridgehead atoms. The van der Waals surface area contributed by atoms with Crippen molar-refractivity contribution in [2.24, 2.45) is 11.3 Å². The molecule has 1 aromatic rings. The highest BCUT2D eigenvalue weighted by Gasteiger charge is 2.21. The number of rotatable bonds is 8. The molecule has 1 aliphatic heterocycles. The second-order valence-corrected chi connectivity index (χ2v) is 9.73. The molecular weight excluding hydrogens is 376 g/mol. The summed E-state index contributed by atoms with van der Waals surface area (Å²) in [5.74, 6) is 0.432. The van der Waals surface area contributed by atoms with Crippen LogP contribution in [0.15, 0.2) is 24.3 Å². The van der Waals surface area contributed by atoms with Crippen LogP contribution in [0.1, 0.15) is 60.3 Å². The fraction of sp³-hybridized carbons (Fsp3) is 0.667. The van der Waals surface area contributed by atoms with Crippen molar-refractivity contribution < 1.29 is 9.59 Å². The summed E-state index contributed by atoms with van der Waals surface area (Å²) in [6.07, 6.45) is 3.67. The Balaban J connectivity index is 1.78. The van der Waals surface area contributed by atoms with Crippen LogP contribution >= 0.6 is 0 Å². The lowest BCUT2D eigenvalue weighted by molar-refractivity contribution is -0.117. The zero-order chi connectivity index (χ0) is 22.1. The average molecular weight is 417 g/mol. The number of nitrogens with one attached hydrogen (secondary N) is 2. The molecule has 0 saturated carbocycles. The second kappa shape index (κ2) is 11.2. The molecule has 6 heteroatoms. The normalized spacial score (nSPS) is 15.6. The molecule has 6 nitrogen and oxygen atoms in total. The van der Waals surface area contributed by atoms with E-state index in [1.807, 2.05) is 29.2 Å². The van der Waals surface area contributed by atoms with Gasteiger partial charge in [-0.05, 0) is 48.4 Å². The van der Waals surface area contributed by atoms with Gasteiger partial charge in [0.2, 0.25) is 5.91 Å². The van der Waals surface area contributed by atoms with Crippen molar-refractivity contribution in [3.8, 4) is 0 Å². The Morgan fingerprint density at radius 3 is 2.27 bits per heavy atom. The first-order valence-corrected chi connectivity index (χ1v) is 11.4. The van der Waals surface area contributed by atoms with Gasteiger partial charge in [-0.15, -0.1) is 0 Å². The fourth-order valence-corrected chi connectivity index (χ4v) is 4.05. The number of carbonyl (C=O) groups is 2. The Morgan fingerprint density at radius 1 is 1.07 bits per heavy atom. The largest absolute Gasteiger partial charge is 0.368 e. The Hall–Kier alpha value is -2.24. The number of unbranched alkanes of at least 4 members (excludes halogenated alkanes) is 1. The van der Waals surface area contributed by atoms with Crippen molar-refractivity contribution in [2.45, 2.75) is 60.3 Å². The standard InChI is InChI=1S/C24H40N4O2/c1-6-7-12-25-23(30)28-15-13-27(14-16-28)21-10-8-20(9-11-21)26-22(29)17-19(2)18-24(3,4)5/h8-11,19H,6-7,12-18H2,1-5H3,(H,25,30)(H,26,29)/t19-/m1/s1. The van der Waals surface area contributed by atoms with Crippen LogP contribution in [0.3, 0.4) is 0 Å². The molecule has 0 spiro atoms. The lowest BCUT2D eigenvalue weighted by atomic mass is 9.84. The van der Waals surface area contributed by atoms with Crippen LogP contribution in [0.2, 0.25) is 0 Å². The van der Waals surface area contributed by atoms with Gasteiger partial charge in [0, 0.05) is 50.5 Å². The number of hydrogen-bond acceptors (Lipinski definition) is 3. The summed E-state index contributed by atoms with van der Waals surface area (Å²) in [5, 5.41) is 6.00. The summed E-state index contributed by atoms with van der Waals surface area (Å²) < 4.78 is 0. The molecule has 2 rings (SSSR count). The molecule has 0 aliphatic carbocycles. The molecule has 0 radical (unpaired) electrons. The van der Waals surface area contributed by atoms with Gasteiger partial charge in [-0.25, -0.2) is 4.79 Å². The van der Waals surface area contributed by atoms with E-state index < -0.39 is 0 Å². The van der Waals surface area contributed by atoms with Crippen LogP contribution in [0.4, 0.5) is 16.2 Å². The Kier molecular flexibility index (Phi) is 9.00. The van der Waals surface area contributed by atoms with Crippen LogP contribution in [-0.2, 0) is 4.79 Å². The molecular formula is C24H40N4O2. The summed E-state index contributed by atoms with van der Waals surface area (Å²) in [7, 11) is 0. The van der Waals surface area contributed by atoms with Gasteiger partial charge >= 0.3 is 6.03 Å². The maximum atomic E-state index is 12.3. The first kappa shape index (κ1) is 24.0. The molecule has 3 amide bonds. The van der Waals surface area contributed by atoms with Gasteiger partial charge in [-0.1, -0.05) is 41.0 Å². The zero-order valence-electron chi connectivity index (χ0n) is 19.5. The Labute approximate surface area is 182 Å². The highest BCUT2D eigenvalue weighted by Crippen LogP contribution is 2.26. The third kappa shape index (κ3) is 8.25. The minimum Gasteiger partial charge on any atom is -0.368 e. The topological polar surface area (TPSA) is 64.7 Å². The summed E-state index contributed by atoms with van der Waals surface area (Å²) in [4.78, 5) is 28.7. The maximum absolute atomic E-state index is 12.3. The van der Waals surface area contributed by atoms with E-state index in [4.69, 9.17) is 0 Å². The predicted molar refractivity (Wildman–Crippen MR) is 125 cm³/mol. The van der Waals surface area contributed by atoms with E-state index in [1.165, 1.54) is 0 Å². The van der Waals surface area contributed by atoms with Crippen molar-refractivity contribution in [3.63, 3.8) is 0 Å². The Morgan fingerprint density at radius 2 is 1.70 bits per heavy atom. The minimum atomic E-state index is 0.0434. The van der Waals surface area contributed by atoms with Gasteiger partial charge < -0.3 is 20.4 Å². The molecule has 2 N–H and O–H groups in total. The summed E-state index contributed by atoms with van der Waals surface area (Å²) >= 11 is 0. The molecule has 1 aliphatic rings. The third-order valence-electron chi connectivity index (χ3n) is 5.38. The lowest BCUT2D eigenvalue weighted by Gasteiger charge is -2.36. The van der Waals surface area contributed by atoms with Crippen molar-refractivity contribution in [1.29, 1.82) is 0 Å². The number of urea groups is 1. The van der Waals surface area contributed by atoms with Gasteiger partial charge in [-0.3, -0.25) is 4.79 Å². The molecule has 30 heavy (non-hydrogen) atoms. The SMILES string of the molecule is CCCCNC(=O)N1CCN(c2ccc(NC(=O)C[C@@H](C)CC(C)(C)C)cc2)CC1. The van der Waals surface area contributed by atoms with E-state index in [1.54, 1.807) is 0 Å². The van der Waals surface area contributed by atoms with Crippen LogP contribution < -0.4 is 15.5 Å². The monoisotopic (exact) mass is 416 g/mol. The van der Waals surface area contributed by atoms with E-state index in [2.05, 4.69) is 50.2 Å². The summed E-state index contributed by atoms with van der Waals surface area (Å²) in [6.45, 7) is 14.7. The van der Waals surface area contributed by atoms with Crippen LogP contribution in [-0.4, -0.2) is 49.6 Å². The van der Waals surface area contributed by atoms with E-state index in [9.17, 15) is 9.59 Å². The number of carbonyl (C=O) groups excluding carboxylic acids is 2. The summed E-state index contributed by atoms with van der Waals surface area (Å²) in [6, 6.07) is 8.06. The number of anilines is 2. The van der Waals surface area contributed by atoms with Crippen molar-refractivity contribution in [1.82, 2.24) is 10.2 Å². The average Bonchev–Trinajstić information content (AvgIpc) is 2.67. The zero-order valence-corrected chi connectivity index (χ0v) is 19.5. The molecule has 0 aromatic heterocycles. The molecule has 1 atom stereocenters. The highest BCUT2D eigenvalue weighted by atomic mass is 16.2. The van der Waals surface area contributed by atoms with Crippen LogP contribution in [0.25, 0.3) is 0 Å². The first-order valence-electron chi connectivity index (χ1n) is 11.4. The number of piperazine rings is 1. The first-order chi connectivity index (χ1) is 14.2. The van der Waals surface area contributed by atoms with Gasteiger partial charge in [-0.2, -0.15) is 0 Å². The molecule has 1 saturated heterocycles. The molecule has 1 heterocycles. The predicted octanol–water partition coefficient (Wildman–Crippen LogP) is 4.72. The smallest absolute Gasteiger partial charge is 0.317 e. The van der Waals surface area contributed by atoms with E-state index >= 15 is 0 Å². The fourth-order valence-electron chi connectivity index (χ4n) is 4.05. The highest BCUT2D eigenvalue weighted by molar-refractivity contribution is 5.91. The van der Waals surface area contributed by atoms with Crippen molar-refractivity contribution in [2.75, 3.05) is 42.9 Å². The van der Waals surface area contributed by atoms with Crippen molar-refractivity contribution in [3.05, 3.63) is 24.3 Å². The number of amides is 3.